The van der Waals surface area contributed by atoms with Crippen LogP contribution in [-0.2, 0) is 4.79 Å². The van der Waals surface area contributed by atoms with Crippen molar-refractivity contribution in [1.29, 1.82) is 0 Å². The van der Waals surface area contributed by atoms with Crippen molar-refractivity contribution < 1.29 is 18.0 Å². The van der Waals surface area contributed by atoms with Gasteiger partial charge in [0.15, 0.2) is 6.04 Å². The maximum Gasteiger partial charge on any atom is 0.410 e. The second-order valence-corrected chi connectivity index (χ2v) is 9.03. The lowest BCUT2D eigenvalue weighted by Gasteiger charge is -2.32. The maximum absolute atomic E-state index is 13.6. The molecule has 0 spiro atoms. The van der Waals surface area contributed by atoms with E-state index < -0.39 is 12.2 Å². The maximum atomic E-state index is 13.6. The molecule has 4 rings (SSSR count). The van der Waals surface area contributed by atoms with Crippen molar-refractivity contribution in [2.75, 3.05) is 30.3 Å². The number of nitrogens with zero attached hydrogens (tertiary/aromatic N) is 3. The van der Waals surface area contributed by atoms with Gasteiger partial charge in [-0.25, -0.2) is 4.68 Å². The van der Waals surface area contributed by atoms with Crippen molar-refractivity contribution in [3.8, 4) is 0 Å². The summed E-state index contributed by atoms with van der Waals surface area (Å²) in [5, 5.41) is 10.5. The average molecular weight is 450 g/mol. The molecule has 1 amide bonds. The van der Waals surface area contributed by atoms with Crippen molar-refractivity contribution in [2.45, 2.75) is 64.2 Å². The summed E-state index contributed by atoms with van der Waals surface area (Å²) in [7, 11) is 0. The second kappa shape index (κ2) is 8.77. The van der Waals surface area contributed by atoms with Gasteiger partial charge in [-0.3, -0.25) is 9.69 Å². The van der Waals surface area contributed by atoms with Gasteiger partial charge < -0.3 is 10.6 Å². The number of nitrogens with one attached hydrogen (secondary N) is 2. The van der Waals surface area contributed by atoms with E-state index in [1.54, 1.807) is 6.07 Å². The molecule has 2 aromatic rings. The van der Waals surface area contributed by atoms with Crippen LogP contribution in [0.2, 0.25) is 0 Å². The van der Waals surface area contributed by atoms with Gasteiger partial charge in [-0.1, -0.05) is 24.6 Å². The molecule has 0 radical (unpaired) electrons. The quantitative estimate of drug-likeness (QED) is 0.699. The van der Waals surface area contributed by atoms with Crippen LogP contribution in [0.1, 0.15) is 55.0 Å². The summed E-state index contributed by atoms with van der Waals surface area (Å²) in [6.45, 7) is 7.41. The lowest BCUT2D eigenvalue weighted by molar-refractivity contribution is -0.173. The van der Waals surface area contributed by atoms with Gasteiger partial charge in [0.1, 0.15) is 5.82 Å². The molecule has 1 aromatic heterocycles. The highest BCUT2D eigenvalue weighted by Gasteiger charge is 2.46. The van der Waals surface area contributed by atoms with E-state index in [2.05, 4.69) is 15.7 Å². The van der Waals surface area contributed by atoms with Crippen LogP contribution in [0.3, 0.4) is 0 Å². The van der Waals surface area contributed by atoms with Crippen LogP contribution >= 0.6 is 0 Å². The molecule has 0 saturated carbocycles. The monoisotopic (exact) mass is 449 g/mol. The molecule has 1 fully saturated rings. The summed E-state index contributed by atoms with van der Waals surface area (Å²) in [4.78, 5) is 14.6. The van der Waals surface area contributed by atoms with E-state index in [-0.39, 0.29) is 30.8 Å². The Morgan fingerprint density at radius 3 is 2.75 bits per heavy atom. The lowest BCUT2D eigenvalue weighted by atomic mass is 10.0. The van der Waals surface area contributed by atoms with Crippen molar-refractivity contribution in [3.05, 3.63) is 41.1 Å². The van der Waals surface area contributed by atoms with Gasteiger partial charge in [0.25, 0.3) is 0 Å². The van der Waals surface area contributed by atoms with Gasteiger partial charge in [0, 0.05) is 30.3 Å². The third-order valence-electron chi connectivity index (χ3n) is 6.49. The first-order valence-corrected chi connectivity index (χ1v) is 11.2. The smallest absolute Gasteiger partial charge is 0.367 e. The summed E-state index contributed by atoms with van der Waals surface area (Å²) < 4.78 is 41.9. The van der Waals surface area contributed by atoms with E-state index in [0.717, 1.165) is 27.9 Å². The third-order valence-corrected chi connectivity index (χ3v) is 6.49. The van der Waals surface area contributed by atoms with Gasteiger partial charge in [-0.15, -0.1) is 0 Å². The number of fused-ring (bicyclic) bond motifs is 1. The fourth-order valence-corrected chi connectivity index (χ4v) is 4.70. The number of carbonyl (C=O) groups is 1. The van der Waals surface area contributed by atoms with Gasteiger partial charge in [0.05, 0.1) is 12.2 Å². The van der Waals surface area contributed by atoms with Crippen LogP contribution in [0.4, 0.5) is 24.7 Å². The van der Waals surface area contributed by atoms with Crippen LogP contribution in [-0.4, -0.2) is 52.4 Å². The Labute approximate surface area is 186 Å². The van der Waals surface area contributed by atoms with Crippen molar-refractivity contribution in [2.24, 2.45) is 0 Å². The Kier molecular flexibility index (Phi) is 6.20. The molecule has 2 aliphatic heterocycles. The number of hydrogen-bond donors (Lipinski definition) is 2. The lowest BCUT2D eigenvalue weighted by Crippen LogP contribution is -2.38. The first kappa shape index (κ1) is 22.6. The molecule has 2 N–H and O–H groups in total. The van der Waals surface area contributed by atoms with Gasteiger partial charge in [-0.05, 0) is 51.3 Å². The zero-order valence-corrected chi connectivity index (χ0v) is 18.7. The summed E-state index contributed by atoms with van der Waals surface area (Å²) >= 11 is 0. The average Bonchev–Trinajstić information content (AvgIpc) is 3.35. The molecule has 174 valence electrons. The molecular weight excluding hydrogens is 419 g/mol. The molecule has 6 nitrogen and oxygen atoms in total. The van der Waals surface area contributed by atoms with Gasteiger partial charge in [-0.2, -0.15) is 18.3 Å². The minimum atomic E-state index is -4.33. The van der Waals surface area contributed by atoms with E-state index in [1.165, 1.54) is 0 Å². The number of anilines is 2. The van der Waals surface area contributed by atoms with Crippen molar-refractivity contribution in [1.82, 2.24) is 14.7 Å². The largest absolute Gasteiger partial charge is 0.410 e. The van der Waals surface area contributed by atoms with Crippen LogP contribution in [0.15, 0.2) is 24.3 Å². The number of benzene rings is 1. The van der Waals surface area contributed by atoms with E-state index in [4.69, 9.17) is 0 Å². The predicted octanol–water partition coefficient (Wildman–Crippen LogP) is 4.63. The number of carbonyl (C=O) groups excluding carboxylic acids is 1. The fourth-order valence-electron chi connectivity index (χ4n) is 4.70. The molecule has 32 heavy (non-hydrogen) atoms. The Bertz CT molecular complexity index is 986. The highest BCUT2D eigenvalue weighted by atomic mass is 19.4. The number of halogens is 3. The summed E-state index contributed by atoms with van der Waals surface area (Å²) in [5.41, 5.74) is 3.61. The van der Waals surface area contributed by atoms with E-state index in [0.29, 0.717) is 31.0 Å². The topological polar surface area (TPSA) is 62.2 Å². The Hall–Kier alpha value is -2.55. The Morgan fingerprint density at radius 1 is 1.28 bits per heavy atom. The normalized spacial score (nSPS) is 23.6. The van der Waals surface area contributed by atoms with E-state index in [9.17, 15) is 18.0 Å². The summed E-state index contributed by atoms with van der Waals surface area (Å²) in [6, 6.07) is 5.82. The van der Waals surface area contributed by atoms with E-state index in [1.807, 2.05) is 43.9 Å². The second-order valence-electron chi connectivity index (χ2n) is 9.03. The molecule has 0 unspecified atom stereocenters. The number of hydrogen-bond acceptors (Lipinski definition) is 4. The molecule has 0 bridgehead atoms. The Morgan fingerprint density at radius 2 is 2.06 bits per heavy atom. The zero-order valence-electron chi connectivity index (χ0n) is 18.7. The highest BCUT2D eigenvalue weighted by Crippen LogP contribution is 2.41. The van der Waals surface area contributed by atoms with Crippen LogP contribution in [0, 0.1) is 13.8 Å². The number of aromatic nitrogens is 2. The molecule has 3 atom stereocenters. The van der Waals surface area contributed by atoms with Crippen LogP contribution in [0.5, 0.6) is 0 Å². The van der Waals surface area contributed by atoms with Crippen LogP contribution < -0.4 is 10.6 Å². The third kappa shape index (κ3) is 4.77. The highest BCUT2D eigenvalue weighted by molar-refractivity contribution is 5.93. The molecule has 2 aliphatic rings. The summed E-state index contributed by atoms with van der Waals surface area (Å²) in [6.07, 6.45) is -2.95. The molecule has 9 heteroatoms. The Balaban J connectivity index is 1.40. The van der Waals surface area contributed by atoms with Gasteiger partial charge in [0.2, 0.25) is 5.91 Å². The first-order chi connectivity index (χ1) is 15.1. The minimum absolute atomic E-state index is 0.0104. The molecule has 0 aliphatic carbocycles. The number of alkyl halides is 3. The number of likely N-dealkylation sites (tertiary alicyclic amines) is 1. The molecule has 1 saturated heterocycles. The standard InChI is InChI=1S/C23H30F3N5O/c1-4-17-10-20(23(24,25)26)31-21(27-17)11-19(29-31)16-7-8-30(12-16)13-22(32)28-18-6-5-14(2)9-15(18)3/h5-6,9,11,16-17,20,27H,4,7-8,10,12-13H2,1-3H3,(H,28,32)/t16-,17+,20+/m0/s1. The van der Waals surface area contributed by atoms with Gasteiger partial charge >= 0.3 is 6.18 Å². The molecule has 1 aromatic carbocycles. The first-order valence-electron chi connectivity index (χ1n) is 11.2. The molecular formula is C23H30F3N5O. The van der Waals surface area contributed by atoms with Crippen molar-refractivity contribution in [3.63, 3.8) is 0 Å². The SMILES string of the molecule is CC[C@@H]1C[C@H](C(F)(F)F)n2nc([C@H]3CCN(CC(=O)Nc4ccc(C)cc4C)C3)cc2N1. The molecule has 3 heterocycles. The van der Waals surface area contributed by atoms with Crippen molar-refractivity contribution >= 4 is 17.4 Å². The summed E-state index contributed by atoms with van der Waals surface area (Å²) in [5.74, 6) is 0.357. The number of rotatable bonds is 5. The minimum Gasteiger partial charge on any atom is -0.367 e. The number of aryl methyl sites for hydroxylation is 2. The fraction of sp³-hybridized carbons (Fsp3) is 0.565. The van der Waals surface area contributed by atoms with E-state index >= 15 is 0 Å². The predicted molar refractivity (Wildman–Crippen MR) is 118 cm³/mol. The zero-order chi connectivity index (χ0) is 23.0. The van der Waals surface area contributed by atoms with Crippen LogP contribution in [0.25, 0.3) is 0 Å². The number of amides is 1.